The molecule has 1 aromatic carbocycles. The number of halogens is 2. The van der Waals surface area contributed by atoms with Gasteiger partial charge in [0.15, 0.2) is 0 Å². The van der Waals surface area contributed by atoms with Crippen LogP contribution in [0.3, 0.4) is 0 Å². The zero-order valence-corrected chi connectivity index (χ0v) is 37.7. The number of hydrogen-bond acceptors (Lipinski definition) is 13. The topological polar surface area (TPSA) is 232 Å². The quantitative estimate of drug-likeness (QED) is 0.132. The second kappa shape index (κ2) is 18.3. The summed E-state index contributed by atoms with van der Waals surface area (Å²) in [6.07, 6.45) is 3.77. The summed E-state index contributed by atoms with van der Waals surface area (Å²) >= 11 is 1.40. The van der Waals surface area contributed by atoms with Crippen LogP contribution in [0.5, 0.6) is 5.88 Å². The van der Waals surface area contributed by atoms with Crippen molar-refractivity contribution in [2.75, 3.05) is 6.54 Å². The minimum absolute atomic E-state index is 0.00111. The molecule has 65 heavy (non-hydrogen) atoms. The highest BCUT2D eigenvalue weighted by Gasteiger charge is 2.67. The first-order valence-electron chi connectivity index (χ1n) is 21.8. The zero-order valence-electron chi connectivity index (χ0n) is 36.0. The van der Waals surface area contributed by atoms with Crippen molar-refractivity contribution in [3.05, 3.63) is 66.1 Å². The van der Waals surface area contributed by atoms with Crippen LogP contribution in [0.15, 0.2) is 60.4 Å². The number of carbonyl (C=O) groups excluding carboxylic acids is 5. The summed E-state index contributed by atoms with van der Waals surface area (Å²) < 4.78 is 62.8. The Hall–Kier alpha value is -5.70. The van der Waals surface area contributed by atoms with Gasteiger partial charge in [-0.3, -0.25) is 33.7 Å². The van der Waals surface area contributed by atoms with Crippen molar-refractivity contribution >= 4 is 61.9 Å². The Balaban J connectivity index is 1.11. The number of ether oxygens (including phenoxy) is 1. The van der Waals surface area contributed by atoms with E-state index < -0.39 is 98.8 Å². The summed E-state index contributed by atoms with van der Waals surface area (Å²) in [6, 6.07) is 7.00. The van der Waals surface area contributed by atoms with Crippen LogP contribution in [-0.2, 0) is 29.2 Å². The Morgan fingerprint density at radius 3 is 2.28 bits per heavy atom. The highest BCUT2D eigenvalue weighted by Crippen LogP contribution is 2.48. The molecule has 4 fully saturated rings. The summed E-state index contributed by atoms with van der Waals surface area (Å²) in [6.45, 7) is 4.91. The minimum Gasteiger partial charge on any atom is -0.471 e. The first-order chi connectivity index (χ1) is 30.9. The van der Waals surface area contributed by atoms with Crippen LogP contribution in [-0.4, -0.2) is 111 Å². The predicted molar refractivity (Wildman–Crippen MR) is 234 cm³/mol. The fraction of sp³-hybridized carbons (Fsp3) is 0.523. The van der Waals surface area contributed by atoms with Crippen LogP contribution in [0.2, 0.25) is 0 Å². The third-order valence-electron chi connectivity index (χ3n) is 12.6. The normalized spacial score (nSPS) is 23.4. The number of alkyl halides is 2. The molecule has 0 spiro atoms. The highest BCUT2D eigenvalue weighted by molar-refractivity contribution is 7.91. The van der Waals surface area contributed by atoms with Gasteiger partial charge in [-0.15, -0.1) is 11.3 Å². The van der Waals surface area contributed by atoms with Crippen LogP contribution in [0.1, 0.15) is 89.0 Å². The maximum Gasteiger partial charge on any atom is 0.272 e. The first-order valence-corrected chi connectivity index (χ1v) is 24.2. The molecular weight excluding hydrogens is 885 g/mol. The van der Waals surface area contributed by atoms with Gasteiger partial charge in [-0.25, -0.2) is 32.2 Å². The van der Waals surface area contributed by atoms with Gasteiger partial charge in [-0.2, -0.15) is 0 Å². The summed E-state index contributed by atoms with van der Waals surface area (Å²) in [5.41, 5.74) is -1.77. The number of hydrogen-bond donors (Lipinski definition) is 4. The second-order valence-electron chi connectivity index (χ2n) is 18.4. The Kier molecular flexibility index (Phi) is 12.9. The first kappa shape index (κ1) is 45.9. The van der Waals surface area contributed by atoms with E-state index in [0.717, 1.165) is 24.1 Å². The molecule has 4 aliphatic rings. The molecule has 3 aromatic heterocycles. The number of nitrogens with zero attached hydrogens (tertiary/aromatic N) is 5. The van der Waals surface area contributed by atoms with E-state index >= 15 is 4.79 Å². The molecule has 8 rings (SSSR count). The molecule has 3 saturated carbocycles. The van der Waals surface area contributed by atoms with Crippen molar-refractivity contribution in [1.82, 2.24) is 45.5 Å². The second-order valence-corrected chi connectivity index (χ2v) is 21.3. The molecule has 346 valence electrons. The Morgan fingerprint density at radius 1 is 0.938 bits per heavy atom. The van der Waals surface area contributed by atoms with E-state index in [1.54, 1.807) is 39.0 Å². The van der Waals surface area contributed by atoms with Gasteiger partial charge >= 0.3 is 0 Å². The number of carbonyl (C=O) groups is 5. The molecule has 1 aliphatic heterocycles. The molecule has 4 heterocycles. The fourth-order valence-electron chi connectivity index (χ4n) is 8.75. The van der Waals surface area contributed by atoms with E-state index in [-0.39, 0.29) is 30.5 Å². The highest BCUT2D eigenvalue weighted by atomic mass is 32.2. The van der Waals surface area contributed by atoms with E-state index in [0.29, 0.717) is 42.4 Å². The predicted octanol–water partition coefficient (Wildman–Crippen LogP) is 4.15. The van der Waals surface area contributed by atoms with E-state index in [1.165, 1.54) is 34.8 Å². The number of benzene rings is 1. The van der Waals surface area contributed by atoms with Crippen molar-refractivity contribution in [2.24, 2.45) is 17.3 Å². The van der Waals surface area contributed by atoms with Crippen LogP contribution < -0.4 is 25.4 Å². The number of aromatic nitrogens is 4. The number of thiophene rings is 1. The van der Waals surface area contributed by atoms with Crippen LogP contribution in [0.4, 0.5) is 8.78 Å². The Bertz CT molecular complexity index is 2560. The van der Waals surface area contributed by atoms with Crippen molar-refractivity contribution in [3.8, 4) is 16.5 Å². The maximum atomic E-state index is 15.1. The van der Waals surface area contributed by atoms with Crippen molar-refractivity contribution < 1.29 is 45.9 Å². The van der Waals surface area contributed by atoms with Crippen molar-refractivity contribution in [1.29, 1.82) is 0 Å². The van der Waals surface area contributed by atoms with Gasteiger partial charge in [0.25, 0.3) is 11.8 Å². The van der Waals surface area contributed by atoms with Crippen LogP contribution in [0.25, 0.3) is 21.6 Å². The monoisotopic (exact) mass is 935 g/mol. The number of para-hydroxylation sites is 2. The molecule has 4 aromatic rings. The van der Waals surface area contributed by atoms with E-state index in [2.05, 4.69) is 25.9 Å². The van der Waals surface area contributed by atoms with Gasteiger partial charge in [0.05, 0.1) is 39.8 Å². The number of fused-ring (bicyclic) bond motifs is 1. The third kappa shape index (κ3) is 9.95. The molecular formula is C44H51F2N9O8S2. The van der Waals surface area contributed by atoms with Gasteiger partial charge in [-0.05, 0) is 67.0 Å². The number of amides is 5. The van der Waals surface area contributed by atoms with Gasteiger partial charge in [0, 0.05) is 18.8 Å². The van der Waals surface area contributed by atoms with Crippen molar-refractivity contribution in [2.45, 2.75) is 120 Å². The molecule has 0 radical (unpaired) electrons. The summed E-state index contributed by atoms with van der Waals surface area (Å²) in [7, 11) is -4.18. The fourth-order valence-corrected chi connectivity index (χ4v) is 10.8. The van der Waals surface area contributed by atoms with Gasteiger partial charge in [-0.1, -0.05) is 58.2 Å². The number of likely N-dealkylation sites (tertiary alicyclic amines) is 1. The lowest BCUT2D eigenvalue weighted by molar-refractivity contribution is -0.145. The van der Waals surface area contributed by atoms with Gasteiger partial charge < -0.3 is 25.6 Å². The SMILES string of the molecule is CC(C)(C)[C@H](NC(=O)[C@@H](NC(=O)c1cnccn1)C1CCCCC1)C(=O)N1C[C@H](Oc2nc3ccccc3nc2-c2cccs2)CC1C(=O)N[C@]1(C(=O)NS(=O)(=O)C2CC2)C[C@H]1C(F)F. The molecule has 1 unspecified atom stereocenters. The molecule has 21 heteroatoms. The largest absolute Gasteiger partial charge is 0.471 e. The standard InChI is InChI=1S/C44H51F2N9O8S2/c1-43(2,3)35(52-39(58)33(24-10-5-4-6-11-24)51-37(56)30-22-47-17-18-48-30)41(59)55-23-25(63-40-34(32-14-9-19-64-32)49-28-12-7-8-13-29(28)50-40)20-31(55)38(57)53-44(21-27(44)36(45)46)42(60)54-65(61,62)26-15-16-26/h7-9,12-14,17-19,22,24-27,31,33,35-36H,4-6,10-11,15-16,20-21,23H2,1-3H3,(H,51,56)(H,52,58)(H,53,57)(H,54,60)/t25-,27+,31?,33+,35-,44-/m1/s1. The number of sulfonamides is 1. The lowest BCUT2D eigenvalue weighted by Crippen LogP contribution is -2.62. The molecule has 0 bridgehead atoms. The molecule has 17 nitrogen and oxygen atoms in total. The average molecular weight is 936 g/mol. The number of nitrogens with one attached hydrogen (secondary N) is 4. The minimum atomic E-state index is -4.18. The molecule has 4 N–H and O–H groups in total. The van der Waals surface area contributed by atoms with Crippen LogP contribution in [0, 0.1) is 17.3 Å². The molecule has 3 aliphatic carbocycles. The molecule has 6 atom stereocenters. The van der Waals surface area contributed by atoms with E-state index in [1.807, 2.05) is 28.3 Å². The van der Waals surface area contributed by atoms with E-state index in [4.69, 9.17) is 14.7 Å². The maximum absolute atomic E-state index is 15.1. The lowest BCUT2D eigenvalue weighted by Gasteiger charge is -2.37. The Labute approximate surface area is 378 Å². The lowest BCUT2D eigenvalue weighted by atomic mass is 9.82. The summed E-state index contributed by atoms with van der Waals surface area (Å²) in [5, 5.41) is 9.19. The average Bonchev–Trinajstić information content (AvgIpc) is 4.17. The van der Waals surface area contributed by atoms with E-state index in [9.17, 15) is 36.4 Å². The summed E-state index contributed by atoms with van der Waals surface area (Å²) in [5.74, 6) is -6.11. The molecule has 1 saturated heterocycles. The Morgan fingerprint density at radius 2 is 1.66 bits per heavy atom. The van der Waals surface area contributed by atoms with Gasteiger partial charge in [0.1, 0.15) is 41.2 Å². The molecule has 5 amide bonds. The zero-order chi connectivity index (χ0) is 46.3. The smallest absolute Gasteiger partial charge is 0.272 e. The van der Waals surface area contributed by atoms with Crippen molar-refractivity contribution in [3.63, 3.8) is 0 Å². The van der Waals surface area contributed by atoms with Gasteiger partial charge in [0.2, 0.25) is 40.1 Å². The van der Waals surface area contributed by atoms with Crippen LogP contribution >= 0.6 is 11.3 Å². The summed E-state index contributed by atoms with van der Waals surface area (Å²) in [4.78, 5) is 90.7. The number of rotatable bonds is 15. The third-order valence-corrected chi connectivity index (χ3v) is 15.3.